The minimum absolute atomic E-state index is 0.0859. The number of amides is 1. The molecule has 0 aliphatic rings. The smallest absolute Gasteiger partial charge is 0.269 e. The Morgan fingerprint density at radius 2 is 2.00 bits per heavy atom. The molecule has 0 saturated carbocycles. The molecular formula is C17H18N4OS. The molecule has 0 saturated heterocycles. The van der Waals surface area contributed by atoms with Crippen molar-refractivity contribution in [3.63, 3.8) is 0 Å². The van der Waals surface area contributed by atoms with Crippen LogP contribution in [0.25, 0.3) is 11.3 Å². The number of nitrogens with one attached hydrogen (secondary N) is 2. The number of hydrogen-bond donors (Lipinski definition) is 2. The molecule has 0 spiro atoms. The van der Waals surface area contributed by atoms with Gasteiger partial charge in [0.25, 0.3) is 5.91 Å². The van der Waals surface area contributed by atoms with Crippen LogP contribution in [0.5, 0.6) is 0 Å². The molecule has 23 heavy (non-hydrogen) atoms. The summed E-state index contributed by atoms with van der Waals surface area (Å²) in [6.07, 6.45) is 0. The van der Waals surface area contributed by atoms with Crippen molar-refractivity contribution in [2.45, 2.75) is 26.8 Å². The highest BCUT2D eigenvalue weighted by atomic mass is 32.1. The fraction of sp³-hybridized carbons (Fsp3) is 0.235. The zero-order valence-electron chi connectivity index (χ0n) is 13.3. The monoisotopic (exact) mass is 326 g/mol. The van der Waals surface area contributed by atoms with Crippen LogP contribution in [0.1, 0.15) is 39.0 Å². The molecule has 1 amide bonds. The van der Waals surface area contributed by atoms with E-state index in [4.69, 9.17) is 0 Å². The van der Waals surface area contributed by atoms with Crippen molar-refractivity contribution in [2.75, 3.05) is 0 Å². The van der Waals surface area contributed by atoms with Crippen LogP contribution < -0.4 is 5.32 Å². The highest BCUT2D eigenvalue weighted by Gasteiger charge is 2.18. The molecular weight excluding hydrogens is 308 g/mol. The van der Waals surface area contributed by atoms with Crippen molar-refractivity contribution in [3.8, 4) is 11.3 Å². The Kier molecular flexibility index (Phi) is 4.25. The van der Waals surface area contributed by atoms with E-state index < -0.39 is 0 Å². The Bertz CT molecular complexity index is 822. The first-order valence-corrected chi connectivity index (χ1v) is 8.22. The van der Waals surface area contributed by atoms with Gasteiger partial charge in [0.15, 0.2) is 0 Å². The number of nitrogens with zero attached hydrogens (tertiary/aromatic N) is 2. The lowest BCUT2D eigenvalue weighted by Crippen LogP contribution is -2.26. The summed E-state index contributed by atoms with van der Waals surface area (Å²) in [5.41, 5.74) is 3.16. The van der Waals surface area contributed by atoms with Crippen molar-refractivity contribution in [2.24, 2.45) is 0 Å². The number of aryl methyl sites for hydroxylation is 2. The lowest BCUT2D eigenvalue weighted by atomic mass is 10.1. The molecule has 3 aromatic rings. The van der Waals surface area contributed by atoms with Gasteiger partial charge in [0, 0.05) is 10.4 Å². The van der Waals surface area contributed by atoms with E-state index in [-0.39, 0.29) is 11.9 Å². The van der Waals surface area contributed by atoms with E-state index in [1.165, 1.54) is 0 Å². The molecule has 0 fully saturated rings. The van der Waals surface area contributed by atoms with Crippen molar-refractivity contribution < 1.29 is 4.79 Å². The number of H-pyrrole nitrogens is 1. The first kappa shape index (κ1) is 15.4. The van der Waals surface area contributed by atoms with Crippen LogP contribution in [-0.2, 0) is 0 Å². The third-order valence-corrected chi connectivity index (χ3v) is 4.83. The minimum atomic E-state index is -0.169. The molecule has 118 valence electrons. The van der Waals surface area contributed by atoms with Gasteiger partial charge in [0.1, 0.15) is 5.69 Å². The summed E-state index contributed by atoms with van der Waals surface area (Å²) in [7, 11) is 0. The Hall–Kier alpha value is -2.47. The van der Waals surface area contributed by atoms with Crippen LogP contribution in [0, 0.1) is 13.8 Å². The molecule has 0 bridgehead atoms. The quantitative estimate of drug-likeness (QED) is 0.769. The minimum Gasteiger partial charge on any atom is -0.343 e. The van der Waals surface area contributed by atoms with Crippen molar-refractivity contribution in [3.05, 3.63) is 57.7 Å². The SMILES string of the molecule is Cc1nc(C)c(C(C)NC(=O)c2cc(-c3ccccc3)n[nH]2)s1. The summed E-state index contributed by atoms with van der Waals surface area (Å²) in [6, 6.07) is 11.4. The number of carbonyl (C=O) groups excluding carboxylic acids is 1. The van der Waals surface area contributed by atoms with Crippen LogP contribution in [0.15, 0.2) is 36.4 Å². The maximum atomic E-state index is 12.4. The highest BCUT2D eigenvalue weighted by Crippen LogP contribution is 2.25. The summed E-state index contributed by atoms with van der Waals surface area (Å²) >= 11 is 1.61. The van der Waals surface area contributed by atoms with Gasteiger partial charge in [-0.05, 0) is 26.8 Å². The third kappa shape index (κ3) is 3.32. The van der Waals surface area contributed by atoms with Gasteiger partial charge in [-0.3, -0.25) is 9.89 Å². The number of carbonyl (C=O) groups is 1. The fourth-order valence-electron chi connectivity index (χ4n) is 2.48. The normalized spacial score (nSPS) is 12.1. The van der Waals surface area contributed by atoms with Crippen molar-refractivity contribution in [1.82, 2.24) is 20.5 Å². The third-order valence-electron chi connectivity index (χ3n) is 3.57. The van der Waals surface area contributed by atoms with Gasteiger partial charge < -0.3 is 5.32 Å². The van der Waals surface area contributed by atoms with Gasteiger partial charge in [0.2, 0.25) is 0 Å². The molecule has 5 nitrogen and oxygen atoms in total. The maximum Gasteiger partial charge on any atom is 0.269 e. The second-order valence-corrected chi connectivity index (χ2v) is 6.65. The topological polar surface area (TPSA) is 70.7 Å². The molecule has 1 aromatic carbocycles. The average Bonchev–Trinajstić information content (AvgIpc) is 3.15. The second kappa shape index (κ2) is 6.34. The zero-order chi connectivity index (χ0) is 16.4. The Balaban J connectivity index is 1.74. The van der Waals surface area contributed by atoms with Gasteiger partial charge in [-0.1, -0.05) is 30.3 Å². The van der Waals surface area contributed by atoms with Gasteiger partial charge in [0.05, 0.1) is 22.4 Å². The van der Waals surface area contributed by atoms with E-state index in [2.05, 4.69) is 20.5 Å². The van der Waals surface area contributed by atoms with Gasteiger partial charge in [-0.15, -0.1) is 11.3 Å². The highest BCUT2D eigenvalue weighted by molar-refractivity contribution is 7.11. The lowest BCUT2D eigenvalue weighted by molar-refractivity contribution is 0.0935. The molecule has 1 unspecified atom stereocenters. The van der Waals surface area contributed by atoms with Crippen molar-refractivity contribution >= 4 is 17.2 Å². The van der Waals surface area contributed by atoms with E-state index in [9.17, 15) is 4.79 Å². The number of aromatic amines is 1. The standard InChI is InChI=1S/C17H18N4OS/c1-10-16(23-12(3)18-10)11(2)19-17(22)15-9-14(20-21-15)13-7-5-4-6-8-13/h4-9,11H,1-3H3,(H,19,22)(H,20,21). The predicted molar refractivity (Wildman–Crippen MR) is 91.5 cm³/mol. The summed E-state index contributed by atoms with van der Waals surface area (Å²) in [4.78, 5) is 17.9. The van der Waals surface area contributed by atoms with E-state index in [0.29, 0.717) is 5.69 Å². The van der Waals surface area contributed by atoms with Crippen LogP contribution >= 0.6 is 11.3 Å². The average molecular weight is 326 g/mol. The Morgan fingerprint density at radius 3 is 2.65 bits per heavy atom. The van der Waals surface area contributed by atoms with E-state index >= 15 is 0 Å². The van der Waals surface area contributed by atoms with Gasteiger partial charge in [-0.2, -0.15) is 5.10 Å². The van der Waals surface area contributed by atoms with Crippen LogP contribution in [0.3, 0.4) is 0 Å². The van der Waals surface area contributed by atoms with Gasteiger partial charge >= 0.3 is 0 Å². The number of benzene rings is 1. The fourth-order valence-corrected chi connectivity index (χ4v) is 3.41. The zero-order valence-corrected chi connectivity index (χ0v) is 14.1. The number of thiazole rings is 1. The van der Waals surface area contributed by atoms with E-state index in [0.717, 1.165) is 26.8 Å². The molecule has 3 rings (SSSR count). The maximum absolute atomic E-state index is 12.4. The summed E-state index contributed by atoms with van der Waals surface area (Å²) in [6.45, 7) is 5.90. The van der Waals surface area contributed by atoms with Gasteiger partial charge in [-0.25, -0.2) is 4.98 Å². The Labute approximate surface area is 138 Å². The molecule has 2 aromatic heterocycles. The summed E-state index contributed by atoms with van der Waals surface area (Å²) < 4.78 is 0. The van der Waals surface area contributed by atoms with Crippen LogP contribution in [0.4, 0.5) is 0 Å². The van der Waals surface area contributed by atoms with Crippen LogP contribution in [0.2, 0.25) is 0 Å². The summed E-state index contributed by atoms with van der Waals surface area (Å²) in [5.74, 6) is -0.169. The number of aromatic nitrogens is 3. The van der Waals surface area contributed by atoms with Crippen molar-refractivity contribution in [1.29, 1.82) is 0 Å². The molecule has 2 N–H and O–H groups in total. The summed E-state index contributed by atoms with van der Waals surface area (Å²) in [5, 5.41) is 11.0. The molecule has 1 atom stereocenters. The first-order valence-electron chi connectivity index (χ1n) is 7.40. The van der Waals surface area contributed by atoms with E-state index in [1.54, 1.807) is 17.4 Å². The number of hydrogen-bond acceptors (Lipinski definition) is 4. The molecule has 6 heteroatoms. The lowest BCUT2D eigenvalue weighted by Gasteiger charge is -2.11. The van der Waals surface area contributed by atoms with E-state index in [1.807, 2.05) is 51.1 Å². The molecule has 0 aliphatic carbocycles. The molecule has 2 heterocycles. The number of rotatable bonds is 4. The largest absolute Gasteiger partial charge is 0.343 e. The Morgan fingerprint density at radius 1 is 1.26 bits per heavy atom. The molecule has 0 radical (unpaired) electrons. The first-order chi connectivity index (χ1) is 11.0. The second-order valence-electron chi connectivity index (χ2n) is 5.41. The van der Waals surface area contributed by atoms with Crippen LogP contribution in [-0.4, -0.2) is 21.1 Å². The predicted octanol–water partition coefficient (Wildman–Crippen LogP) is 3.64. The molecule has 0 aliphatic heterocycles.